The van der Waals surface area contributed by atoms with Gasteiger partial charge in [-0.3, -0.25) is 4.79 Å². The van der Waals surface area contributed by atoms with Crippen LogP contribution in [0.5, 0.6) is 0 Å². The van der Waals surface area contributed by atoms with Crippen molar-refractivity contribution >= 4 is 16.7 Å². The van der Waals surface area contributed by atoms with Crippen molar-refractivity contribution in [3.63, 3.8) is 0 Å². The van der Waals surface area contributed by atoms with Gasteiger partial charge >= 0.3 is 0 Å². The van der Waals surface area contributed by atoms with Crippen molar-refractivity contribution in [2.24, 2.45) is 0 Å². The molecule has 0 saturated carbocycles. The van der Waals surface area contributed by atoms with Crippen LogP contribution in [-0.4, -0.2) is 49.7 Å². The van der Waals surface area contributed by atoms with Gasteiger partial charge in [-0.25, -0.2) is 4.98 Å². The van der Waals surface area contributed by atoms with Crippen LogP contribution in [0, 0.1) is 0 Å². The second-order valence-electron chi connectivity index (χ2n) is 6.80. The molecule has 0 bridgehead atoms. The lowest BCUT2D eigenvalue weighted by atomic mass is 10.1. The summed E-state index contributed by atoms with van der Waals surface area (Å²) < 4.78 is 3.44. The Morgan fingerprint density at radius 1 is 1.07 bits per heavy atom. The van der Waals surface area contributed by atoms with Crippen molar-refractivity contribution in [1.29, 1.82) is 0 Å². The Labute approximate surface area is 156 Å². The zero-order valence-corrected chi connectivity index (χ0v) is 15.8. The normalized spacial score (nSPS) is 11.7. The Morgan fingerprint density at radius 2 is 1.85 bits per heavy atom. The maximum absolute atomic E-state index is 13.3. The first-order chi connectivity index (χ1) is 13.1. The molecule has 0 amide bonds. The number of aryl methyl sites for hydroxylation is 1. The first kappa shape index (κ1) is 17.4. The van der Waals surface area contributed by atoms with E-state index in [1.54, 1.807) is 9.08 Å². The van der Waals surface area contributed by atoms with Gasteiger partial charge in [0, 0.05) is 31.3 Å². The average Bonchev–Trinajstić information content (AvgIpc) is 3.09. The molecular formula is C20H22N6O. The number of nitrogens with zero attached hydrogens (tertiary/aromatic N) is 6. The second kappa shape index (κ2) is 6.92. The summed E-state index contributed by atoms with van der Waals surface area (Å²) in [5.41, 5.74) is 2.25. The van der Waals surface area contributed by atoms with Gasteiger partial charge in [0.2, 0.25) is 0 Å². The molecule has 0 aliphatic rings. The second-order valence-corrected chi connectivity index (χ2v) is 6.80. The van der Waals surface area contributed by atoms with Gasteiger partial charge in [-0.1, -0.05) is 37.3 Å². The maximum atomic E-state index is 13.3. The molecule has 0 fully saturated rings. The van der Waals surface area contributed by atoms with E-state index in [2.05, 4.69) is 20.0 Å². The molecule has 0 radical (unpaired) electrons. The molecular weight excluding hydrogens is 340 g/mol. The van der Waals surface area contributed by atoms with E-state index in [-0.39, 0.29) is 5.56 Å². The summed E-state index contributed by atoms with van der Waals surface area (Å²) in [7, 11) is 3.99. The van der Waals surface area contributed by atoms with Crippen molar-refractivity contribution in [1.82, 2.24) is 29.0 Å². The van der Waals surface area contributed by atoms with E-state index in [1.807, 2.05) is 63.6 Å². The molecule has 7 heteroatoms. The third-order valence-electron chi connectivity index (χ3n) is 4.60. The molecule has 0 unspecified atom stereocenters. The van der Waals surface area contributed by atoms with Crippen LogP contribution in [-0.2, 0) is 13.0 Å². The van der Waals surface area contributed by atoms with E-state index in [0.717, 1.165) is 17.8 Å². The fourth-order valence-electron chi connectivity index (χ4n) is 3.16. The SMILES string of the molecule is CCc1nc2nc3ccn(CCN(C)C)c(=O)c3c(-c3ccccc3)n2n1. The predicted molar refractivity (Wildman–Crippen MR) is 106 cm³/mol. The standard InChI is InChI=1S/C20H22N6O/c1-4-16-22-20-21-15-10-11-25(13-12-24(2)3)19(27)17(15)18(26(20)23-16)14-8-6-5-7-9-14/h5-11H,4,12-13H2,1-3H3. The Bertz CT molecular complexity index is 1160. The molecule has 7 nitrogen and oxygen atoms in total. The van der Waals surface area contributed by atoms with Gasteiger partial charge in [0.1, 0.15) is 0 Å². The zero-order chi connectivity index (χ0) is 19.0. The number of fused-ring (bicyclic) bond motifs is 2. The minimum Gasteiger partial charge on any atom is -0.314 e. The first-order valence-electron chi connectivity index (χ1n) is 9.07. The van der Waals surface area contributed by atoms with E-state index >= 15 is 0 Å². The van der Waals surface area contributed by atoms with Crippen molar-refractivity contribution < 1.29 is 0 Å². The molecule has 4 rings (SSSR count). The molecule has 3 heterocycles. The van der Waals surface area contributed by atoms with Gasteiger partial charge in [-0.05, 0) is 20.2 Å². The number of pyridine rings is 1. The highest BCUT2D eigenvalue weighted by atomic mass is 16.1. The van der Waals surface area contributed by atoms with E-state index in [0.29, 0.717) is 35.5 Å². The predicted octanol–water partition coefficient (Wildman–Crippen LogP) is 2.23. The largest absolute Gasteiger partial charge is 0.314 e. The minimum absolute atomic E-state index is 0.0591. The van der Waals surface area contributed by atoms with Gasteiger partial charge in [0.15, 0.2) is 5.82 Å². The number of benzene rings is 1. The van der Waals surface area contributed by atoms with Crippen LogP contribution in [0.3, 0.4) is 0 Å². The molecule has 0 N–H and O–H groups in total. The highest BCUT2D eigenvalue weighted by molar-refractivity contribution is 5.93. The van der Waals surface area contributed by atoms with Crippen LogP contribution in [0.2, 0.25) is 0 Å². The Morgan fingerprint density at radius 3 is 2.56 bits per heavy atom. The van der Waals surface area contributed by atoms with Gasteiger partial charge in [0.25, 0.3) is 11.3 Å². The summed E-state index contributed by atoms with van der Waals surface area (Å²) >= 11 is 0. The molecule has 0 saturated heterocycles. The van der Waals surface area contributed by atoms with Gasteiger partial charge in [0.05, 0.1) is 16.6 Å². The van der Waals surface area contributed by atoms with Crippen LogP contribution in [0.15, 0.2) is 47.4 Å². The lowest BCUT2D eigenvalue weighted by molar-refractivity contribution is 0.381. The topological polar surface area (TPSA) is 68.3 Å². The van der Waals surface area contributed by atoms with E-state index in [4.69, 9.17) is 0 Å². The molecule has 0 spiro atoms. The Kier molecular flexibility index (Phi) is 4.45. The highest BCUT2D eigenvalue weighted by Gasteiger charge is 2.18. The van der Waals surface area contributed by atoms with Crippen LogP contribution >= 0.6 is 0 Å². The monoisotopic (exact) mass is 362 g/mol. The average molecular weight is 362 g/mol. The van der Waals surface area contributed by atoms with Gasteiger partial charge < -0.3 is 9.47 Å². The Hall–Kier alpha value is -3.06. The molecule has 4 aromatic rings. The van der Waals surface area contributed by atoms with Crippen LogP contribution in [0.1, 0.15) is 12.7 Å². The number of likely N-dealkylation sites (N-methyl/N-ethyl adjacent to an activating group) is 1. The smallest absolute Gasteiger partial charge is 0.262 e. The van der Waals surface area contributed by atoms with Crippen LogP contribution in [0.4, 0.5) is 0 Å². The molecule has 1 aromatic carbocycles. The van der Waals surface area contributed by atoms with E-state index < -0.39 is 0 Å². The summed E-state index contributed by atoms with van der Waals surface area (Å²) in [6.45, 7) is 3.40. The fourth-order valence-corrected chi connectivity index (χ4v) is 3.16. The van der Waals surface area contributed by atoms with Crippen molar-refractivity contribution in [3.05, 3.63) is 58.8 Å². The van der Waals surface area contributed by atoms with Crippen molar-refractivity contribution in [3.8, 4) is 11.3 Å². The highest BCUT2D eigenvalue weighted by Crippen LogP contribution is 2.26. The van der Waals surface area contributed by atoms with Gasteiger partial charge in [-0.2, -0.15) is 9.50 Å². The van der Waals surface area contributed by atoms with Gasteiger partial charge in [-0.15, -0.1) is 5.10 Å². The summed E-state index contributed by atoms with van der Waals surface area (Å²) in [6, 6.07) is 11.7. The van der Waals surface area contributed by atoms with E-state index in [1.165, 1.54) is 0 Å². The zero-order valence-electron chi connectivity index (χ0n) is 15.8. The molecule has 27 heavy (non-hydrogen) atoms. The molecule has 0 atom stereocenters. The van der Waals surface area contributed by atoms with Crippen molar-refractivity contribution in [2.75, 3.05) is 20.6 Å². The maximum Gasteiger partial charge on any atom is 0.262 e. The quantitative estimate of drug-likeness (QED) is 0.545. The summed E-state index contributed by atoms with van der Waals surface area (Å²) in [6.07, 6.45) is 2.52. The summed E-state index contributed by atoms with van der Waals surface area (Å²) in [5, 5.41) is 5.16. The molecule has 0 aliphatic heterocycles. The van der Waals surface area contributed by atoms with E-state index in [9.17, 15) is 4.79 Å². The number of hydrogen-bond donors (Lipinski definition) is 0. The van der Waals surface area contributed by atoms with Crippen LogP contribution in [0.25, 0.3) is 27.9 Å². The Balaban J connectivity index is 2.07. The fraction of sp³-hybridized carbons (Fsp3) is 0.300. The van der Waals surface area contributed by atoms with Crippen LogP contribution < -0.4 is 5.56 Å². The minimum atomic E-state index is -0.0591. The van der Waals surface area contributed by atoms with Crippen molar-refractivity contribution in [2.45, 2.75) is 19.9 Å². The molecule has 3 aromatic heterocycles. The lowest BCUT2D eigenvalue weighted by Gasteiger charge is -2.13. The lowest BCUT2D eigenvalue weighted by Crippen LogP contribution is -2.27. The number of rotatable bonds is 5. The number of aromatic nitrogens is 5. The first-order valence-corrected chi connectivity index (χ1v) is 9.07. The third-order valence-corrected chi connectivity index (χ3v) is 4.60. The number of hydrogen-bond acceptors (Lipinski definition) is 5. The third kappa shape index (κ3) is 3.10. The molecule has 138 valence electrons. The molecule has 0 aliphatic carbocycles. The summed E-state index contributed by atoms with van der Waals surface area (Å²) in [4.78, 5) is 24.5. The summed E-state index contributed by atoms with van der Waals surface area (Å²) in [5.74, 6) is 1.23.